The summed E-state index contributed by atoms with van der Waals surface area (Å²) in [5.74, 6) is -0.932. The first kappa shape index (κ1) is 15.8. The molecule has 0 bridgehead atoms. The summed E-state index contributed by atoms with van der Waals surface area (Å²) >= 11 is 11.8. The van der Waals surface area contributed by atoms with Crippen LogP contribution in [0.5, 0.6) is 0 Å². The van der Waals surface area contributed by atoms with Crippen LogP contribution in [0.1, 0.15) is 15.9 Å². The van der Waals surface area contributed by atoms with E-state index < -0.39 is 5.82 Å². The van der Waals surface area contributed by atoms with Crippen LogP contribution in [0.4, 0.5) is 10.1 Å². The first-order chi connectivity index (χ1) is 10.0. The van der Waals surface area contributed by atoms with Crippen LogP contribution < -0.4 is 11.1 Å². The zero-order valence-corrected chi connectivity index (χ0v) is 12.5. The third-order valence-corrected chi connectivity index (χ3v) is 3.49. The number of carbonyl (C=O) groups is 1. The maximum atomic E-state index is 13.1. The number of hydrogen-bond acceptors (Lipinski definition) is 2. The lowest BCUT2D eigenvalue weighted by atomic mass is 10.1. The van der Waals surface area contributed by atoms with Gasteiger partial charge in [-0.05, 0) is 42.8 Å². The summed E-state index contributed by atoms with van der Waals surface area (Å²) in [7, 11) is 0. The van der Waals surface area contributed by atoms with E-state index in [1.807, 2.05) is 12.1 Å². The van der Waals surface area contributed by atoms with Gasteiger partial charge in [0.25, 0.3) is 5.91 Å². The van der Waals surface area contributed by atoms with Crippen LogP contribution in [0.15, 0.2) is 36.4 Å². The normalized spacial score (nSPS) is 10.5. The molecular weight excluding hydrogens is 314 g/mol. The van der Waals surface area contributed by atoms with E-state index in [2.05, 4.69) is 5.32 Å². The molecule has 1 amide bonds. The molecule has 0 aliphatic rings. The Bertz CT molecular complexity index is 636. The second-order valence-electron chi connectivity index (χ2n) is 4.43. The van der Waals surface area contributed by atoms with Crippen LogP contribution in [-0.2, 0) is 6.42 Å². The van der Waals surface area contributed by atoms with Gasteiger partial charge in [-0.2, -0.15) is 0 Å². The zero-order valence-electron chi connectivity index (χ0n) is 11.0. The Balaban J connectivity index is 2.18. The van der Waals surface area contributed by atoms with Gasteiger partial charge >= 0.3 is 0 Å². The number of anilines is 1. The first-order valence-corrected chi connectivity index (χ1v) is 7.01. The molecule has 0 saturated carbocycles. The smallest absolute Gasteiger partial charge is 0.255 e. The van der Waals surface area contributed by atoms with Crippen molar-refractivity contribution < 1.29 is 9.18 Å². The summed E-state index contributed by atoms with van der Waals surface area (Å²) in [6, 6.07) is 9.21. The second kappa shape index (κ2) is 6.89. The lowest BCUT2D eigenvalue weighted by Gasteiger charge is -2.10. The van der Waals surface area contributed by atoms with E-state index in [0.717, 1.165) is 24.1 Å². The zero-order chi connectivity index (χ0) is 15.4. The molecule has 0 aliphatic heterocycles. The summed E-state index contributed by atoms with van der Waals surface area (Å²) in [4.78, 5) is 12.1. The quantitative estimate of drug-likeness (QED) is 0.895. The van der Waals surface area contributed by atoms with Gasteiger partial charge in [0.05, 0.1) is 15.7 Å². The lowest BCUT2D eigenvalue weighted by molar-refractivity contribution is 0.102. The van der Waals surface area contributed by atoms with Gasteiger partial charge < -0.3 is 11.1 Å². The Kier molecular flexibility index (Phi) is 5.17. The SMILES string of the molecule is NCCc1ccc(C(=O)Nc2c(Cl)cc(F)cc2Cl)cc1. The van der Waals surface area contributed by atoms with E-state index in [9.17, 15) is 9.18 Å². The van der Waals surface area contributed by atoms with Gasteiger partial charge in [0.1, 0.15) is 5.82 Å². The lowest BCUT2D eigenvalue weighted by Crippen LogP contribution is -2.13. The van der Waals surface area contributed by atoms with Gasteiger partial charge in [-0.1, -0.05) is 35.3 Å². The number of carbonyl (C=O) groups excluding carboxylic acids is 1. The van der Waals surface area contributed by atoms with Crippen molar-refractivity contribution in [2.75, 3.05) is 11.9 Å². The molecule has 2 aromatic carbocycles. The minimum Gasteiger partial charge on any atom is -0.330 e. The summed E-state index contributed by atoms with van der Waals surface area (Å²) in [5.41, 5.74) is 7.16. The molecule has 2 aromatic rings. The minimum absolute atomic E-state index is 0.0492. The highest BCUT2D eigenvalue weighted by atomic mass is 35.5. The van der Waals surface area contributed by atoms with Gasteiger partial charge in [0.15, 0.2) is 0 Å². The van der Waals surface area contributed by atoms with Crippen molar-refractivity contribution in [3.8, 4) is 0 Å². The van der Waals surface area contributed by atoms with Crippen molar-refractivity contribution in [3.05, 3.63) is 63.4 Å². The number of nitrogens with two attached hydrogens (primary N) is 1. The Morgan fingerprint density at radius 1 is 1.14 bits per heavy atom. The third kappa shape index (κ3) is 3.94. The minimum atomic E-state index is -0.561. The van der Waals surface area contributed by atoms with Crippen molar-refractivity contribution in [2.24, 2.45) is 5.73 Å². The van der Waals surface area contributed by atoms with E-state index in [1.165, 1.54) is 0 Å². The topological polar surface area (TPSA) is 55.1 Å². The largest absolute Gasteiger partial charge is 0.330 e. The van der Waals surface area contributed by atoms with Crippen molar-refractivity contribution in [1.82, 2.24) is 0 Å². The van der Waals surface area contributed by atoms with E-state index in [-0.39, 0.29) is 21.6 Å². The van der Waals surface area contributed by atoms with Crippen LogP contribution in [0.25, 0.3) is 0 Å². The van der Waals surface area contributed by atoms with Crippen molar-refractivity contribution in [2.45, 2.75) is 6.42 Å². The van der Waals surface area contributed by atoms with Crippen LogP contribution >= 0.6 is 23.2 Å². The Labute approximate surface area is 131 Å². The van der Waals surface area contributed by atoms with Crippen LogP contribution in [-0.4, -0.2) is 12.5 Å². The van der Waals surface area contributed by atoms with Gasteiger partial charge in [-0.3, -0.25) is 4.79 Å². The highest BCUT2D eigenvalue weighted by Crippen LogP contribution is 2.31. The van der Waals surface area contributed by atoms with Crippen molar-refractivity contribution in [1.29, 1.82) is 0 Å². The average Bonchev–Trinajstić information content (AvgIpc) is 2.43. The number of hydrogen-bond donors (Lipinski definition) is 2. The number of rotatable bonds is 4. The monoisotopic (exact) mass is 326 g/mol. The van der Waals surface area contributed by atoms with Crippen LogP contribution in [0.3, 0.4) is 0 Å². The predicted octanol–water partition coefficient (Wildman–Crippen LogP) is 3.89. The molecule has 0 atom stereocenters. The molecule has 2 rings (SSSR count). The summed E-state index contributed by atoms with van der Waals surface area (Å²) in [6.07, 6.45) is 0.748. The maximum Gasteiger partial charge on any atom is 0.255 e. The molecule has 0 aromatic heterocycles. The summed E-state index contributed by atoms with van der Waals surface area (Å²) in [6.45, 7) is 0.548. The maximum absolute atomic E-state index is 13.1. The van der Waals surface area contributed by atoms with Crippen LogP contribution in [0, 0.1) is 5.82 Å². The van der Waals surface area contributed by atoms with Crippen LogP contribution in [0.2, 0.25) is 10.0 Å². The van der Waals surface area contributed by atoms with Gasteiger partial charge in [-0.15, -0.1) is 0 Å². The van der Waals surface area contributed by atoms with Crippen molar-refractivity contribution in [3.63, 3.8) is 0 Å². The summed E-state index contributed by atoms with van der Waals surface area (Å²) < 4.78 is 13.1. The summed E-state index contributed by atoms with van der Waals surface area (Å²) in [5, 5.41) is 2.68. The van der Waals surface area contributed by atoms with Gasteiger partial charge in [0.2, 0.25) is 0 Å². The first-order valence-electron chi connectivity index (χ1n) is 6.26. The molecule has 0 heterocycles. The van der Waals surface area contributed by atoms with E-state index in [1.54, 1.807) is 12.1 Å². The van der Waals surface area contributed by atoms with E-state index in [0.29, 0.717) is 12.1 Å². The standard InChI is InChI=1S/C15H13Cl2FN2O/c16-12-7-11(18)8-13(17)14(12)20-15(21)10-3-1-9(2-4-10)5-6-19/h1-4,7-8H,5-6,19H2,(H,20,21). The van der Waals surface area contributed by atoms with Gasteiger partial charge in [-0.25, -0.2) is 4.39 Å². The molecule has 0 unspecified atom stereocenters. The molecule has 3 N–H and O–H groups in total. The third-order valence-electron chi connectivity index (χ3n) is 2.89. The fourth-order valence-corrected chi connectivity index (χ4v) is 2.39. The van der Waals surface area contributed by atoms with E-state index >= 15 is 0 Å². The fraction of sp³-hybridized carbons (Fsp3) is 0.133. The molecule has 6 heteroatoms. The Morgan fingerprint density at radius 2 is 1.71 bits per heavy atom. The second-order valence-corrected chi connectivity index (χ2v) is 5.25. The number of nitrogens with one attached hydrogen (secondary N) is 1. The number of halogens is 3. The molecule has 110 valence electrons. The molecule has 0 fully saturated rings. The molecule has 21 heavy (non-hydrogen) atoms. The average molecular weight is 327 g/mol. The molecule has 0 spiro atoms. The molecular formula is C15H13Cl2FN2O. The molecule has 0 radical (unpaired) electrons. The Hall–Kier alpha value is -1.62. The van der Waals surface area contributed by atoms with E-state index in [4.69, 9.17) is 28.9 Å². The number of amides is 1. The predicted molar refractivity (Wildman–Crippen MR) is 83.6 cm³/mol. The Morgan fingerprint density at radius 3 is 2.24 bits per heavy atom. The molecule has 3 nitrogen and oxygen atoms in total. The highest BCUT2D eigenvalue weighted by molar-refractivity contribution is 6.40. The number of benzene rings is 2. The highest BCUT2D eigenvalue weighted by Gasteiger charge is 2.13. The molecule has 0 aliphatic carbocycles. The van der Waals surface area contributed by atoms with Gasteiger partial charge in [0, 0.05) is 5.56 Å². The molecule has 0 saturated heterocycles. The van der Waals surface area contributed by atoms with Crippen molar-refractivity contribution >= 4 is 34.8 Å². The fourth-order valence-electron chi connectivity index (χ4n) is 1.84.